The first kappa shape index (κ1) is 12.6. The molecule has 2 aromatic heterocycles. The van der Waals surface area contributed by atoms with Crippen molar-refractivity contribution < 1.29 is 14.3 Å². The molecule has 6 heteroatoms. The molecule has 3 rings (SSSR count). The highest BCUT2D eigenvalue weighted by Crippen LogP contribution is 2.27. The van der Waals surface area contributed by atoms with E-state index in [1.165, 1.54) is 7.11 Å². The summed E-state index contributed by atoms with van der Waals surface area (Å²) in [6.07, 6.45) is 4.21. The maximum absolute atomic E-state index is 11.2. The summed E-state index contributed by atoms with van der Waals surface area (Å²) in [5.74, 6) is 0.240. The van der Waals surface area contributed by atoms with E-state index in [1.807, 2.05) is 0 Å². The van der Waals surface area contributed by atoms with Crippen LogP contribution in [-0.4, -0.2) is 35.7 Å². The molecule has 1 aliphatic heterocycles. The predicted molar refractivity (Wildman–Crippen MR) is 71.6 cm³/mol. The first-order valence-electron chi connectivity index (χ1n) is 6.38. The lowest BCUT2D eigenvalue weighted by molar-refractivity contribution is -0.140. The highest BCUT2D eigenvalue weighted by atomic mass is 32.1. The third kappa shape index (κ3) is 2.50. The zero-order valence-electron chi connectivity index (χ0n) is 10.8. The number of carbonyl (C=O) groups is 1. The van der Waals surface area contributed by atoms with Crippen LogP contribution >= 0.6 is 11.3 Å². The third-order valence-electron chi connectivity index (χ3n) is 3.46. The van der Waals surface area contributed by atoms with Crippen LogP contribution in [0.5, 0.6) is 0 Å². The molecule has 0 bridgehead atoms. The molecular formula is C13H16N2O3S. The van der Waals surface area contributed by atoms with Crippen molar-refractivity contribution in [2.75, 3.05) is 20.3 Å². The molecule has 102 valence electrons. The molecule has 1 aliphatic rings. The van der Waals surface area contributed by atoms with Gasteiger partial charge in [0, 0.05) is 29.8 Å². The number of esters is 1. The Labute approximate surface area is 115 Å². The number of carbonyl (C=O) groups excluding carboxylic acids is 1. The zero-order chi connectivity index (χ0) is 13.2. The summed E-state index contributed by atoms with van der Waals surface area (Å²) in [5.41, 5.74) is 2.21. The molecule has 0 aromatic carbocycles. The fraction of sp³-hybridized carbons (Fsp3) is 0.538. The molecule has 1 saturated heterocycles. The zero-order valence-corrected chi connectivity index (χ0v) is 11.6. The first-order chi connectivity index (χ1) is 9.28. The van der Waals surface area contributed by atoms with Crippen LogP contribution in [0.1, 0.15) is 30.1 Å². The Balaban J connectivity index is 1.79. The van der Waals surface area contributed by atoms with Crippen LogP contribution in [0.15, 0.2) is 11.6 Å². The maximum Gasteiger partial charge on any atom is 0.305 e. The Morgan fingerprint density at radius 2 is 2.58 bits per heavy atom. The molecule has 0 saturated carbocycles. The van der Waals surface area contributed by atoms with Crippen LogP contribution in [-0.2, 0) is 20.7 Å². The molecule has 0 spiro atoms. The highest BCUT2D eigenvalue weighted by molar-refractivity contribution is 7.15. The Hall–Kier alpha value is -1.40. The quantitative estimate of drug-likeness (QED) is 0.804. The van der Waals surface area contributed by atoms with Gasteiger partial charge in [0.05, 0.1) is 25.8 Å². The second kappa shape index (κ2) is 5.30. The number of rotatable bonds is 4. The van der Waals surface area contributed by atoms with Gasteiger partial charge in [-0.25, -0.2) is 4.98 Å². The number of methoxy groups -OCH3 is 1. The monoisotopic (exact) mass is 280 g/mol. The molecule has 0 aliphatic carbocycles. The molecule has 2 aromatic rings. The van der Waals surface area contributed by atoms with Crippen molar-refractivity contribution in [3.05, 3.63) is 23.0 Å². The Bertz CT molecular complexity index is 584. The van der Waals surface area contributed by atoms with Crippen LogP contribution in [0, 0.1) is 0 Å². The smallest absolute Gasteiger partial charge is 0.305 e. The van der Waals surface area contributed by atoms with Crippen LogP contribution < -0.4 is 0 Å². The van der Waals surface area contributed by atoms with Gasteiger partial charge in [-0.2, -0.15) is 0 Å². The maximum atomic E-state index is 11.2. The van der Waals surface area contributed by atoms with Gasteiger partial charge in [-0.05, 0) is 12.8 Å². The molecule has 0 N–H and O–H groups in total. The van der Waals surface area contributed by atoms with Gasteiger partial charge in [0.25, 0.3) is 0 Å². The van der Waals surface area contributed by atoms with Gasteiger partial charge >= 0.3 is 5.97 Å². The summed E-state index contributed by atoms with van der Waals surface area (Å²) in [6.45, 7) is 1.59. The number of imidazole rings is 1. The molecule has 3 heterocycles. The Morgan fingerprint density at radius 1 is 1.68 bits per heavy atom. The highest BCUT2D eigenvalue weighted by Gasteiger charge is 2.21. The van der Waals surface area contributed by atoms with Crippen molar-refractivity contribution in [3.8, 4) is 0 Å². The SMILES string of the molecule is COC(=O)CCc1csc2nc(C3CCOC3)cn12. The third-order valence-corrected chi connectivity index (χ3v) is 4.35. The van der Waals surface area contributed by atoms with E-state index in [2.05, 4.69) is 25.7 Å². The van der Waals surface area contributed by atoms with E-state index in [0.717, 1.165) is 36.0 Å². The standard InChI is InChI=1S/C13H16N2O3S/c1-17-12(16)3-2-10-8-19-13-14-11(6-15(10)13)9-4-5-18-7-9/h6,8-9H,2-5,7H2,1H3. The number of aromatic nitrogens is 2. The molecule has 19 heavy (non-hydrogen) atoms. The van der Waals surface area contributed by atoms with Crippen LogP contribution in [0.4, 0.5) is 0 Å². The first-order valence-corrected chi connectivity index (χ1v) is 7.26. The summed E-state index contributed by atoms with van der Waals surface area (Å²) in [4.78, 5) is 16.8. The van der Waals surface area contributed by atoms with E-state index in [0.29, 0.717) is 18.8 Å². The minimum absolute atomic E-state index is 0.177. The molecular weight excluding hydrogens is 264 g/mol. The van der Waals surface area contributed by atoms with Gasteiger partial charge < -0.3 is 9.47 Å². The van der Waals surface area contributed by atoms with Gasteiger partial charge in [0.15, 0.2) is 4.96 Å². The average Bonchev–Trinajstić information content (AvgIpc) is 3.11. The van der Waals surface area contributed by atoms with Gasteiger partial charge in [0.2, 0.25) is 0 Å². The summed E-state index contributed by atoms with van der Waals surface area (Å²) in [7, 11) is 1.42. The summed E-state index contributed by atoms with van der Waals surface area (Å²) in [6, 6.07) is 0. The predicted octanol–water partition coefficient (Wildman–Crippen LogP) is 2.01. The summed E-state index contributed by atoms with van der Waals surface area (Å²) >= 11 is 1.61. The minimum Gasteiger partial charge on any atom is -0.469 e. The van der Waals surface area contributed by atoms with Crippen LogP contribution in [0.2, 0.25) is 0 Å². The lowest BCUT2D eigenvalue weighted by atomic mass is 10.1. The van der Waals surface area contributed by atoms with E-state index >= 15 is 0 Å². The van der Waals surface area contributed by atoms with E-state index in [4.69, 9.17) is 4.74 Å². The van der Waals surface area contributed by atoms with Crippen LogP contribution in [0.3, 0.4) is 0 Å². The topological polar surface area (TPSA) is 52.8 Å². The number of fused-ring (bicyclic) bond motifs is 1. The summed E-state index contributed by atoms with van der Waals surface area (Å²) in [5, 5.41) is 2.06. The van der Waals surface area contributed by atoms with Crippen molar-refractivity contribution in [1.82, 2.24) is 9.38 Å². The fourth-order valence-electron chi connectivity index (χ4n) is 2.32. The van der Waals surface area contributed by atoms with E-state index in [9.17, 15) is 4.79 Å². The van der Waals surface area contributed by atoms with Gasteiger partial charge in [-0.1, -0.05) is 0 Å². The van der Waals surface area contributed by atoms with E-state index < -0.39 is 0 Å². The molecule has 0 amide bonds. The molecule has 0 radical (unpaired) electrons. The Kier molecular flexibility index (Phi) is 3.52. The second-order valence-electron chi connectivity index (χ2n) is 4.68. The Morgan fingerprint density at radius 3 is 3.32 bits per heavy atom. The lowest BCUT2D eigenvalue weighted by Crippen LogP contribution is -2.03. The number of ether oxygens (including phenoxy) is 2. The minimum atomic E-state index is -0.177. The van der Waals surface area contributed by atoms with Crippen molar-refractivity contribution in [3.63, 3.8) is 0 Å². The number of hydrogen-bond donors (Lipinski definition) is 0. The van der Waals surface area contributed by atoms with Crippen molar-refractivity contribution >= 4 is 22.3 Å². The van der Waals surface area contributed by atoms with Gasteiger partial charge in [-0.3, -0.25) is 9.20 Å². The van der Waals surface area contributed by atoms with Crippen molar-refractivity contribution in [2.24, 2.45) is 0 Å². The largest absolute Gasteiger partial charge is 0.469 e. The number of aryl methyl sites for hydroxylation is 1. The number of hydrogen-bond acceptors (Lipinski definition) is 5. The van der Waals surface area contributed by atoms with E-state index in [1.54, 1.807) is 11.3 Å². The number of thiazole rings is 1. The van der Waals surface area contributed by atoms with Crippen molar-refractivity contribution in [2.45, 2.75) is 25.2 Å². The average molecular weight is 280 g/mol. The fourth-order valence-corrected chi connectivity index (χ4v) is 3.24. The van der Waals surface area contributed by atoms with Gasteiger partial charge in [-0.15, -0.1) is 11.3 Å². The molecule has 5 nitrogen and oxygen atoms in total. The summed E-state index contributed by atoms with van der Waals surface area (Å²) < 4.78 is 12.2. The van der Waals surface area contributed by atoms with Gasteiger partial charge in [0.1, 0.15) is 0 Å². The second-order valence-corrected chi connectivity index (χ2v) is 5.52. The van der Waals surface area contributed by atoms with Crippen LogP contribution in [0.25, 0.3) is 4.96 Å². The number of nitrogens with zero attached hydrogens (tertiary/aromatic N) is 2. The lowest BCUT2D eigenvalue weighted by Gasteiger charge is -2.01. The molecule has 1 unspecified atom stereocenters. The molecule has 1 fully saturated rings. The molecule has 1 atom stereocenters. The van der Waals surface area contributed by atoms with Crippen molar-refractivity contribution in [1.29, 1.82) is 0 Å². The normalized spacial score (nSPS) is 19.1. The van der Waals surface area contributed by atoms with E-state index in [-0.39, 0.29) is 5.97 Å².